The highest BCUT2D eigenvalue weighted by Gasteiger charge is 2.50. The third kappa shape index (κ3) is 5.42. The molecular formula is C12H20N5O12P3. The Labute approximate surface area is 179 Å². The lowest BCUT2D eigenvalue weighted by atomic mass is 9.95. The van der Waals surface area contributed by atoms with E-state index >= 15 is 0 Å². The van der Waals surface area contributed by atoms with Gasteiger partial charge in [0.05, 0.1) is 25.1 Å². The molecule has 0 bridgehead atoms. The molecule has 32 heavy (non-hydrogen) atoms. The first kappa shape index (κ1) is 25.3. The topological polar surface area (TPSA) is 270 Å². The Morgan fingerprint density at radius 3 is 2.31 bits per heavy atom. The van der Waals surface area contributed by atoms with Gasteiger partial charge in [0, 0.05) is 5.92 Å². The van der Waals surface area contributed by atoms with Crippen LogP contribution < -0.4 is 5.73 Å². The molecule has 3 rings (SSSR count). The maximum absolute atomic E-state index is 11.9. The first-order valence-electron chi connectivity index (χ1n) is 8.69. The molecule has 2 heterocycles. The Morgan fingerprint density at radius 2 is 1.69 bits per heavy atom. The average molecular weight is 519 g/mol. The number of fused-ring (bicyclic) bond motifs is 1. The first-order chi connectivity index (χ1) is 14.6. The van der Waals surface area contributed by atoms with E-state index in [2.05, 4.69) is 28.1 Å². The Bertz CT molecular complexity index is 1140. The van der Waals surface area contributed by atoms with Crippen molar-refractivity contribution in [2.24, 2.45) is 11.8 Å². The van der Waals surface area contributed by atoms with E-state index in [9.17, 15) is 33.7 Å². The molecule has 1 aliphatic carbocycles. The van der Waals surface area contributed by atoms with Crippen molar-refractivity contribution in [2.45, 2.75) is 25.2 Å². The molecule has 1 aliphatic rings. The van der Waals surface area contributed by atoms with Gasteiger partial charge in [0.2, 0.25) is 0 Å². The maximum Gasteiger partial charge on any atom is 0.490 e. The highest BCUT2D eigenvalue weighted by atomic mass is 31.3. The van der Waals surface area contributed by atoms with Crippen molar-refractivity contribution in [1.82, 2.24) is 19.5 Å². The van der Waals surface area contributed by atoms with E-state index in [1.54, 1.807) is 6.92 Å². The summed E-state index contributed by atoms with van der Waals surface area (Å²) in [6.07, 6.45) is -0.352. The van der Waals surface area contributed by atoms with Crippen molar-refractivity contribution >= 4 is 40.4 Å². The largest absolute Gasteiger partial charge is 0.490 e. The Morgan fingerprint density at radius 1 is 1.03 bits per heavy atom. The van der Waals surface area contributed by atoms with Gasteiger partial charge >= 0.3 is 23.5 Å². The van der Waals surface area contributed by atoms with Crippen LogP contribution in [0.3, 0.4) is 0 Å². The Balaban J connectivity index is 1.75. The van der Waals surface area contributed by atoms with E-state index in [1.807, 2.05) is 0 Å². The number of aromatic nitrogens is 4. The Kier molecular flexibility index (Phi) is 6.96. The van der Waals surface area contributed by atoms with E-state index in [0.29, 0.717) is 0 Å². The molecule has 17 nitrogen and oxygen atoms in total. The summed E-state index contributed by atoms with van der Waals surface area (Å²) < 4.78 is 47.4. The van der Waals surface area contributed by atoms with Gasteiger partial charge in [-0.3, -0.25) is 4.52 Å². The van der Waals surface area contributed by atoms with Crippen LogP contribution in [0.15, 0.2) is 12.7 Å². The zero-order valence-corrected chi connectivity index (χ0v) is 18.8. The maximum atomic E-state index is 11.9. The summed E-state index contributed by atoms with van der Waals surface area (Å²) in [5.41, 5.74) is 6.28. The summed E-state index contributed by atoms with van der Waals surface area (Å²) in [4.78, 5) is 47.9. The molecular weight excluding hydrogens is 499 g/mol. The summed E-state index contributed by atoms with van der Waals surface area (Å²) >= 11 is 0. The van der Waals surface area contributed by atoms with Gasteiger partial charge in [0.25, 0.3) is 0 Å². The van der Waals surface area contributed by atoms with Crippen LogP contribution in [0.4, 0.5) is 5.82 Å². The fraction of sp³-hybridized carbons (Fsp3) is 0.583. The lowest BCUT2D eigenvalue weighted by Gasteiger charge is -2.23. The third-order valence-electron chi connectivity index (χ3n) is 4.91. The minimum Gasteiger partial charge on any atom is -0.390 e. The second-order valence-electron chi connectivity index (χ2n) is 6.96. The summed E-state index contributed by atoms with van der Waals surface area (Å²) in [5.74, 6) is -1.52. The number of phosphoric acid groups is 3. The minimum absolute atomic E-state index is 0.0960. The van der Waals surface area contributed by atoms with Crippen LogP contribution in [0.25, 0.3) is 11.2 Å². The van der Waals surface area contributed by atoms with E-state index in [1.165, 1.54) is 17.2 Å². The van der Waals surface area contributed by atoms with E-state index < -0.39 is 60.2 Å². The number of nitrogens with two attached hydrogens (primary N) is 1. The summed E-state index contributed by atoms with van der Waals surface area (Å²) in [5, 5.41) is 21.0. The molecule has 2 unspecified atom stereocenters. The SMILES string of the molecule is C[C@@H]1[C@H](COP(=O)(O)OP(=O)(O)OP(=O)(O)O)[C@@H](O)[C@@H](O)[C@@H]1n1cnc2c(N)ncnc21. The van der Waals surface area contributed by atoms with Gasteiger partial charge in [-0.05, 0) is 5.92 Å². The molecule has 2 aromatic rings. The number of hydrogen-bond acceptors (Lipinski definition) is 12. The number of aliphatic hydroxyl groups is 2. The van der Waals surface area contributed by atoms with E-state index in [4.69, 9.17) is 15.5 Å². The molecule has 180 valence electrons. The second-order valence-corrected chi connectivity index (χ2v) is 11.4. The van der Waals surface area contributed by atoms with Crippen LogP contribution in [0, 0.1) is 11.8 Å². The van der Waals surface area contributed by atoms with Crippen LogP contribution in [0.1, 0.15) is 13.0 Å². The summed E-state index contributed by atoms with van der Waals surface area (Å²) in [6, 6.07) is -0.821. The predicted octanol–water partition coefficient (Wildman–Crippen LogP) is -0.719. The minimum atomic E-state index is -5.67. The number of imidazole rings is 1. The molecule has 7 atom stereocenters. The molecule has 0 amide bonds. The molecule has 1 saturated carbocycles. The van der Waals surface area contributed by atoms with Gasteiger partial charge in [-0.2, -0.15) is 8.62 Å². The lowest BCUT2D eigenvalue weighted by molar-refractivity contribution is -0.00436. The van der Waals surface area contributed by atoms with Crippen LogP contribution in [-0.2, 0) is 26.8 Å². The van der Waals surface area contributed by atoms with Gasteiger partial charge in [-0.15, -0.1) is 0 Å². The zero-order valence-electron chi connectivity index (χ0n) is 16.1. The highest BCUT2D eigenvalue weighted by Crippen LogP contribution is 2.66. The molecule has 8 N–H and O–H groups in total. The quantitative estimate of drug-likeness (QED) is 0.212. The van der Waals surface area contributed by atoms with Gasteiger partial charge in [-0.1, -0.05) is 6.92 Å². The Hall–Kier alpha value is -1.32. The number of nitrogen functional groups attached to an aromatic ring is 1. The molecule has 0 aromatic carbocycles. The smallest absolute Gasteiger partial charge is 0.390 e. The van der Waals surface area contributed by atoms with Gasteiger partial charge < -0.3 is 40.1 Å². The van der Waals surface area contributed by atoms with Crippen LogP contribution in [-0.4, -0.2) is 68.1 Å². The molecule has 0 aliphatic heterocycles. The predicted molar refractivity (Wildman–Crippen MR) is 103 cm³/mol. The molecule has 0 radical (unpaired) electrons. The van der Waals surface area contributed by atoms with Crippen molar-refractivity contribution in [2.75, 3.05) is 12.3 Å². The number of aliphatic hydroxyl groups excluding tert-OH is 2. The van der Waals surface area contributed by atoms with Gasteiger partial charge in [-0.25, -0.2) is 28.6 Å². The highest BCUT2D eigenvalue weighted by molar-refractivity contribution is 7.66. The van der Waals surface area contributed by atoms with Crippen LogP contribution in [0.2, 0.25) is 0 Å². The molecule has 0 saturated heterocycles. The molecule has 2 aromatic heterocycles. The fourth-order valence-corrected chi connectivity index (χ4v) is 6.63. The lowest BCUT2D eigenvalue weighted by Crippen LogP contribution is -2.30. The van der Waals surface area contributed by atoms with E-state index in [-0.39, 0.29) is 17.0 Å². The number of nitrogens with zero attached hydrogens (tertiary/aromatic N) is 4. The van der Waals surface area contributed by atoms with Crippen molar-refractivity contribution < 1.29 is 56.6 Å². The van der Waals surface area contributed by atoms with Crippen molar-refractivity contribution in [1.29, 1.82) is 0 Å². The summed E-state index contributed by atoms with van der Waals surface area (Å²) in [7, 11) is -16.6. The molecule has 20 heteroatoms. The average Bonchev–Trinajstić information content (AvgIpc) is 3.11. The number of hydrogen-bond donors (Lipinski definition) is 7. The van der Waals surface area contributed by atoms with Crippen LogP contribution in [0.5, 0.6) is 0 Å². The molecule has 0 spiro atoms. The van der Waals surface area contributed by atoms with Gasteiger partial charge in [0.15, 0.2) is 11.5 Å². The van der Waals surface area contributed by atoms with Crippen molar-refractivity contribution in [3.63, 3.8) is 0 Å². The fourth-order valence-electron chi connectivity index (χ4n) is 3.57. The zero-order chi connectivity index (χ0) is 24.1. The normalized spacial score (nSPS) is 30.3. The number of phosphoric ester groups is 1. The standard InChI is InChI=1S/C12H20N5O12P3/c1-5-6(2-27-31(23,24)29-32(25,26)28-30(20,21)22)9(18)10(19)8(5)17-4-16-7-11(13)14-3-15-12(7)17/h3-6,8-10,18-19H,2H2,1H3,(H,23,24)(H,25,26)(H2,13,14,15)(H2,20,21,22)/t5-,6+,8-,9-,10+/m1/s1. The van der Waals surface area contributed by atoms with Crippen molar-refractivity contribution in [3.05, 3.63) is 12.7 Å². The first-order valence-corrected chi connectivity index (χ1v) is 13.2. The van der Waals surface area contributed by atoms with E-state index in [0.717, 1.165) is 0 Å². The third-order valence-corrected chi connectivity index (χ3v) is 8.71. The molecule has 1 fully saturated rings. The monoisotopic (exact) mass is 519 g/mol. The number of anilines is 1. The number of rotatable bonds is 8. The van der Waals surface area contributed by atoms with Crippen molar-refractivity contribution in [3.8, 4) is 0 Å². The van der Waals surface area contributed by atoms with Gasteiger partial charge in [0.1, 0.15) is 17.9 Å². The second kappa shape index (κ2) is 8.80. The summed E-state index contributed by atoms with van der Waals surface area (Å²) in [6.45, 7) is 0.842. The van der Waals surface area contributed by atoms with Crippen LogP contribution >= 0.6 is 23.5 Å².